The van der Waals surface area contributed by atoms with Gasteiger partial charge >= 0.3 is 5.97 Å². The summed E-state index contributed by atoms with van der Waals surface area (Å²) in [6.45, 7) is 13.0. The van der Waals surface area contributed by atoms with Crippen molar-refractivity contribution in [3.05, 3.63) is 0 Å². The van der Waals surface area contributed by atoms with Crippen LogP contribution in [0, 0.1) is 12.3 Å². The Morgan fingerprint density at radius 2 is 0.853 bits per heavy atom. The summed E-state index contributed by atoms with van der Waals surface area (Å²) < 4.78 is 48.0. The Morgan fingerprint density at radius 3 is 1.15 bits per heavy atom. The predicted molar refractivity (Wildman–Crippen MR) is 126 cm³/mol. The van der Waals surface area contributed by atoms with Crippen molar-refractivity contribution in [1.29, 1.82) is 0 Å². The maximum absolute atomic E-state index is 11.5. The largest absolute Gasteiger partial charge is 0.460 e. The van der Waals surface area contributed by atoms with Crippen LogP contribution < -0.4 is 0 Å². The van der Waals surface area contributed by atoms with E-state index < -0.39 is 5.60 Å². The Balaban J connectivity index is 3.10. The Labute approximate surface area is 204 Å². The third kappa shape index (κ3) is 28.7. The van der Waals surface area contributed by atoms with Crippen LogP contribution in [0.25, 0.3) is 0 Å². The molecular weight excluding hydrogens is 448 g/mol. The molecule has 10 nitrogen and oxygen atoms in total. The number of terminal acetylenes is 1. The molecule has 0 saturated carbocycles. The average Bonchev–Trinajstić information content (AvgIpc) is 2.78. The summed E-state index contributed by atoms with van der Waals surface area (Å²) in [7, 11) is 0. The van der Waals surface area contributed by atoms with Crippen LogP contribution in [-0.4, -0.2) is 117 Å². The van der Waals surface area contributed by atoms with Crippen LogP contribution in [0.2, 0.25) is 0 Å². The molecule has 0 aliphatic carbocycles. The normalized spacial score (nSPS) is 11.5. The topological polar surface area (TPSA) is 100 Å². The minimum atomic E-state index is -0.467. The molecule has 0 amide bonds. The fourth-order valence-electron chi connectivity index (χ4n) is 2.22. The van der Waals surface area contributed by atoms with Crippen LogP contribution in [-0.2, 0) is 47.4 Å². The second kappa shape index (κ2) is 24.8. The molecule has 0 unspecified atom stereocenters. The number of ether oxygens (including phenoxy) is 9. The summed E-state index contributed by atoms with van der Waals surface area (Å²) in [6.07, 6.45) is 5.30. The summed E-state index contributed by atoms with van der Waals surface area (Å²) in [5.74, 6) is 2.13. The van der Waals surface area contributed by atoms with Gasteiger partial charge in [0.1, 0.15) is 12.2 Å². The molecule has 0 spiro atoms. The zero-order chi connectivity index (χ0) is 25.2. The van der Waals surface area contributed by atoms with Crippen LogP contribution in [0.1, 0.15) is 27.2 Å². The van der Waals surface area contributed by atoms with Gasteiger partial charge in [0, 0.05) is 0 Å². The summed E-state index contributed by atoms with van der Waals surface area (Å²) >= 11 is 0. The van der Waals surface area contributed by atoms with E-state index in [1.54, 1.807) is 0 Å². The first-order valence-electron chi connectivity index (χ1n) is 11.7. The summed E-state index contributed by atoms with van der Waals surface area (Å²) in [4.78, 5) is 11.5. The Kier molecular flexibility index (Phi) is 23.9. The standard InChI is InChI=1S/C24H44O10/c1-5-7-26-9-11-28-13-15-30-17-19-32-21-22-33-20-18-31-16-14-29-12-10-27-8-6-23(25)34-24(2,3)4/h1H,6-22H2,2-4H3. The van der Waals surface area contributed by atoms with Crippen molar-refractivity contribution in [3.63, 3.8) is 0 Å². The minimum Gasteiger partial charge on any atom is -0.460 e. The van der Waals surface area contributed by atoms with Crippen molar-refractivity contribution < 1.29 is 47.4 Å². The molecule has 0 N–H and O–H groups in total. The van der Waals surface area contributed by atoms with Crippen molar-refractivity contribution in [2.45, 2.75) is 32.8 Å². The highest BCUT2D eigenvalue weighted by molar-refractivity contribution is 5.69. The summed E-state index contributed by atoms with van der Waals surface area (Å²) in [5, 5.41) is 0. The van der Waals surface area contributed by atoms with Crippen molar-refractivity contribution in [2.24, 2.45) is 0 Å². The molecule has 0 aromatic heterocycles. The highest BCUT2D eigenvalue weighted by Crippen LogP contribution is 2.07. The molecule has 0 fully saturated rings. The Hall–Kier alpha value is -1.29. The fraction of sp³-hybridized carbons (Fsp3) is 0.875. The van der Waals surface area contributed by atoms with Gasteiger partial charge in [-0.3, -0.25) is 4.79 Å². The van der Waals surface area contributed by atoms with E-state index >= 15 is 0 Å². The van der Waals surface area contributed by atoms with Gasteiger partial charge in [-0.15, -0.1) is 6.42 Å². The number of hydrogen-bond acceptors (Lipinski definition) is 10. The number of carbonyl (C=O) groups excluding carboxylic acids is 1. The molecule has 34 heavy (non-hydrogen) atoms. The molecule has 0 radical (unpaired) electrons. The molecule has 0 aliphatic rings. The zero-order valence-electron chi connectivity index (χ0n) is 21.2. The van der Waals surface area contributed by atoms with E-state index in [1.165, 1.54) is 0 Å². The third-order valence-electron chi connectivity index (χ3n) is 3.66. The third-order valence-corrected chi connectivity index (χ3v) is 3.66. The van der Waals surface area contributed by atoms with E-state index in [-0.39, 0.29) is 12.4 Å². The minimum absolute atomic E-state index is 0.236. The molecule has 0 heterocycles. The van der Waals surface area contributed by atoms with Crippen LogP contribution >= 0.6 is 0 Å². The first-order valence-corrected chi connectivity index (χ1v) is 11.7. The van der Waals surface area contributed by atoms with Crippen molar-refractivity contribution in [1.82, 2.24) is 0 Å². The number of esters is 1. The molecule has 10 heteroatoms. The second-order valence-corrected chi connectivity index (χ2v) is 7.88. The number of hydrogen-bond donors (Lipinski definition) is 0. The van der Waals surface area contributed by atoms with Gasteiger partial charge in [0.15, 0.2) is 0 Å². The number of rotatable bonds is 25. The van der Waals surface area contributed by atoms with Gasteiger partial charge in [-0.2, -0.15) is 0 Å². The van der Waals surface area contributed by atoms with Crippen LogP contribution in [0.4, 0.5) is 0 Å². The van der Waals surface area contributed by atoms with E-state index in [4.69, 9.17) is 49.1 Å². The average molecular weight is 493 g/mol. The van der Waals surface area contributed by atoms with E-state index in [0.29, 0.717) is 106 Å². The molecule has 0 aromatic carbocycles. The molecule has 0 atom stereocenters. The molecule has 0 aliphatic heterocycles. The summed E-state index contributed by atoms with van der Waals surface area (Å²) in [5.41, 5.74) is -0.467. The zero-order valence-corrected chi connectivity index (χ0v) is 21.2. The van der Waals surface area contributed by atoms with E-state index in [2.05, 4.69) is 5.92 Å². The Bertz CT molecular complexity index is 487. The first kappa shape index (κ1) is 32.7. The highest BCUT2D eigenvalue weighted by Gasteiger charge is 2.15. The van der Waals surface area contributed by atoms with Gasteiger partial charge in [0.2, 0.25) is 0 Å². The molecule has 0 rings (SSSR count). The van der Waals surface area contributed by atoms with E-state index in [0.717, 1.165) is 0 Å². The fourth-order valence-corrected chi connectivity index (χ4v) is 2.22. The van der Waals surface area contributed by atoms with Gasteiger partial charge in [0.25, 0.3) is 0 Å². The van der Waals surface area contributed by atoms with Crippen LogP contribution in [0.3, 0.4) is 0 Å². The van der Waals surface area contributed by atoms with Gasteiger partial charge in [0.05, 0.1) is 106 Å². The lowest BCUT2D eigenvalue weighted by Crippen LogP contribution is -2.24. The number of carbonyl (C=O) groups is 1. The summed E-state index contributed by atoms with van der Waals surface area (Å²) in [6, 6.07) is 0. The SMILES string of the molecule is C#CCOCCOCCOCCOCCOCCOCCOCCOCCC(=O)OC(C)(C)C. The Morgan fingerprint density at radius 1 is 0.559 bits per heavy atom. The quantitative estimate of drug-likeness (QED) is 0.106. The lowest BCUT2D eigenvalue weighted by molar-refractivity contribution is -0.156. The van der Waals surface area contributed by atoms with Crippen LogP contribution in [0.15, 0.2) is 0 Å². The lowest BCUT2D eigenvalue weighted by atomic mass is 10.2. The van der Waals surface area contributed by atoms with Gasteiger partial charge in [-0.25, -0.2) is 0 Å². The van der Waals surface area contributed by atoms with Crippen LogP contribution in [0.5, 0.6) is 0 Å². The monoisotopic (exact) mass is 492 g/mol. The molecule has 0 saturated heterocycles. The maximum atomic E-state index is 11.5. The van der Waals surface area contributed by atoms with E-state index in [1.807, 2.05) is 20.8 Å². The second-order valence-electron chi connectivity index (χ2n) is 7.88. The van der Waals surface area contributed by atoms with E-state index in [9.17, 15) is 4.79 Å². The molecule has 200 valence electrons. The van der Waals surface area contributed by atoms with Gasteiger partial charge < -0.3 is 42.6 Å². The molecule has 0 bridgehead atoms. The lowest BCUT2D eigenvalue weighted by Gasteiger charge is -2.19. The molecular formula is C24H44O10. The first-order chi connectivity index (χ1) is 16.5. The maximum Gasteiger partial charge on any atom is 0.308 e. The van der Waals surface area contributed by atoms with Crippen molar-refractivity contribution >= 4 is 5.97 Å². The van der Waals surface area contributed by atoms with Crippen molar-refractivity contribution in [3.8, 4) is 12.3 Å². The van der Waals surface area contributed by atoms with Gasteiger partial charge in [-0.1, -0.05) is 5.92 Å². The van der Waals surface area contributed by atoms with Crippen molar-refractivity contribution in [2.75, 3.05) is 106 Å². The molecule has 0 aromatic rings. The van der Waals surface area contributed by atoms with Gasteiger partial charge in [-0.05, 0) is 20.8 Å². The predicted octanol–water partition coefficient (Wildman–Crippen LogP) is 1.48. The highest BCUT2D eigenvalue weighted by atomic mass is 16.6. The smallest absolute Gasteiger partial charge is 0.308 e.